The second-order valence-corrected chi connectivity index (χ2v) is 7.60. The van der Waals surface area contributed by atoms with E-state index in [4.69, 9.17) is 14.2 Å². The van der Waals surface area contributed by atoms with E-state index in [0.29, 0.717) is 60.4 Å². The highest BCUT2D eigenvalue weighted by Gasteiger charge is 2.35. The van der Waals surface area contributed by atoms with Crippen molar-refractivity contribution in [2.45, 2.75) is 34.1 Å². The molecule has 166 valence electrons. The van der Waals surface area contributed by atoms with Gasteiger partial charge in [-0.25, -0.2) is 0 Å². The third kappa shape index (κ3) is 5.96. The van der Waals surface area contributed by atoms with E-state index in [9.17, 15) is 14.9 Å². The largest absolute Gasteiger partial charge is 0.493 e. The van der Waals surface area contributed by atoms with Gasteiger partial charge in [-0.2, -0.15) is 5.26 Å². The number of methoxy groups -OCH3 is 1. The molecule has 1 aliphatic rings. The highest BCUT2D eigenvalue weighted by atomic mass is 16.5. The van der Waals surface area contributed by atoms with Crippen LogP contribution in [0.2, 0.25) is 0 Å². The van der Waals surface area contributed by atoms with E-state index >= 15 is 0 Å². The van der Waals surface area contributed by atoms with Crippen molar-refractivity contribution in [2.24, 2.45) is 5.92 Å². The molecule has 0 radical (unpaired) electrons. The molecule has 0 spiro atoms. The fourth-order valence-corrected chi connectivity index (χ4v) is 3.12. The standard InChI is InChI=1S/C24H30N2O5/c1-6-30-11-7-10-26-23(27)19(17(4)20(14-25)24(26)28)12-18-8-9-21(22(13-18)29-5)31-15-16(2)3/h8-9,12-13,16H,6-7,10-11,15H2,1-5H3/b19-12+. The molecule has 0 bridgehead atoms. The van der Waals surface area contributed by atoms with Crippen molar-refractivity contribution >= 4 is 17.9 Å². The van der Waals surface area contributed by atoms with Crippen molar-refractivity contribution in [3.63, 3.8) is 0 Å². The second kappa shape index (κ2) is 11.3. The van der Waals surface area contributed by atoms with E-state index < -0.39 is 11.8 Å². The lowest BCUT2D eigenvalue weighted by molar-refractivity contribution is -0.140. The Morgan fingerprint density at radius 1 is 1.19 bits per heavy atom. The van der Waals surface area contributed by atoms with Crippen LogP contribution in [-0.4, -0.2) is 50.2 Å². The Morgan fingerprint density at radius 3 is 2.55 bits per heavy atom. The van der Waals surface area contributed by atoms with Gasteiger partial charge < -0.3 is 14.2 Å². The molecule has 0 saturated carbocycles. The zero-order chi connectivity index (χ0) is 23.0. The Morgan fingerprint density at radius 2 is 1.94 bits per heavy atom. The number of rotatable bonds is 10. The maximum Gasteiger partial charge on any atom is 0.271 e. The van der Waals surface area contributed by atoms with Gasteiger partial charge in [-0.1, -0.05) is 19.9 Å². The minimum Gasteiger partial charge on any atom is -0.493 e. The Kier molecular flexibility index (Phi) is 8.83. The predicted molar refractivity (Wildman–Crippen MR) is 117 cm³/mol. The van der Waals surface area contributed by atoms with Crippen molar-refractivity contribution in [1.29, 1.82) is 5.26 Å². The molecule has 2 rings (SSSR count). The van der Waals surface area contributed by atoms with Gasteiger partial charge in [0.05, 0.1) is 13.7 Å². The van der Waals surface area contributed by atoms with E-state index in [2.05, 4.69) is 13.8 Å². The van der Waals surface area contributed by atoms with Gasteiger partial charge in [0.1, 0.15) is 11.6 Å². The van der Waals surface area contributed by atoms with Gasteiger partial charge >= 0.3 is 0 Å². The summed E-state index contributed by atoms with van der Waals surface area (Å²) in [6.45, 7) is 9.37. The summed E-state index contributed by atoms with van der Waals surface area (Å²) >= 11 is 0. The number of carbonyl (C=O) groups is 2. The van der Waals surface area contributed by atoms with Crippen LogP contribution in [0.25, 0.3) is 6.08 Å². The van der Waals surface area contributed by atoms with Gasteiger partial charge in [0.15, 0.2) is 11.5 Å². The number of nitrogens with zero attached hydrogens (tertiary/aromatic N) is 2. The number of ether oxygens (including phenoxy) is 3. The fourth-order valence-electron chi connectivity index (χ4n) is 3.12. The van der Waals surface area contributed by atoms with Crippen LogP contribution >= 0.6 is 0 Å². The second-order valence-electron chi connectivity index (χ2n) is 7.60. The number of carbonyl (C=O) groups excluding carboxylic acids is 2. The van der Waals surface area contributed by atoms with Crippen LogP contribution in [-0.2, 0) is 14.3 Å². The number of amides is 2. The van der Waals surface area contributed by atoms with Gasteiger partial charge in [0.2, 0.25) is 0 Å². The molecule has 1 aromatic rings. The normalized spacial score (nSPS) is 15.6. The fraction of sp³-hybridized carbons (Fsp3) is 0.458. The molecule has 0 fully saturated rings. The van der Waals surface area contributed by atoms with E-state index in [0.717, 1.165) is 4.90 Å². The summed E-state index contributed by atoms with van der Waals surface area (Å²) in [5, 5.41) is 9.50. The van der Waals surface area contributed by atoms with Gasteiger partial charge in [0.25, 0.3) is 11.8 Å². The van der Waals surface area contributed by atoms with Gasteiger partial charge in [0, 0.05) is 25.3 Å². The Balaban J connectivity index is 2.37. The van der Waals surface area contributed by atoms with Crippen LogP contribution in [0.3, 0.4) is 0 Å². The molecule has 0 N–H and O–H groups in total. The Hall–Kier alpha value is -3.11. The summed E-state index contributed by atoms with van der Waals surface area (Å²) < 4.78 is 16.5. The summed E-state index contributed by atoms with van der Waals surface area (Å²) in [4.78, 5) is 26.8. The SMILES string of the molecule is CCOCCCN1C(=O)C(C#N)=C(C)/C(=C\c2ccc(OCC(C)C)c(OC)c2)C1=O. The van der Waals surface area contributed by atoms with Crippen LogP contribution in [0.4, 0.5) is 0 Å². The Labute approximate surface area is 183 Å². The average molecular weight is 427 g/mol. The van der Waals surface area contributed by atoms with Crippen molar-refractivity contribution < 1.29 is 23.8 Å². The molecule has 0 unspecified atom stereocenters. The first-order chi connectivity index (χ1) is 14.8. The summed E-state index contributed by atoms with van der Waals surface area (Å²) in [6.07, 6.45) is 2.18. The van der Waals surface area contributed by atoms with Crippen LogP contribution in [0.1, 0.15) is 39.7 Å². The third-order valence-corrected chi connectivity index (χ3v) is 4.77. The van der Waals surface area contributed by atoms with Crippen LogP contribution in [0.5, 0.6) is 11.5 Å². The summed E-state index contributed by atoms with van der Waals surface area (Å²) in [5.74, 6) is 0.552. The van der Waals surface area contributed by atoms with Gasteiger partial charge in [-0.3, -0.25) is 14.5 Å². The topological polar surface area (TPSA) is 88.9 Å². The van der Waals surface area contributed by atoms with E-state index in [1.54, 1.807) is 32.2 Å². The smallest absolute Gasteiger partial charge is 0.271 e. The van der Waals surface area contributed by atoms with Crippen LogP contribution in [0.15, 0.2) is 34.9 Å². The highest BCUT2D eigenvalue weighted by molar-refractivity contribution is 6.19. The molecule has 2 amide bonds. The molecule has 7 nitrogen and oxygen atoms in total. The first-order valence-electron chi connectivity index (χ1n) is 10.4. The van der Waals surface area contributed by atoms with Gasteiger partial charge in [-0.15, -0.1) is 0 Å². The number of imide groups is 1. The first kappa shape index (κ1) is 24.2. The van der Waals surface area contributed by atoms with E-state index in [-0.39, 0.29) is 12.1 Å². The van der Waals surface area contributed by atoms with Crippen molar-refractivity contribution in [3.8, 4) is 17.6 Å². The lowest BCUT2D eigenvalue weighted by atomic mass is 9.93. The first-order valence-corrected chi connectivity index (χ1v) is 10.4. The summed E-state index contributed by atoms with van der Waals surface area (Å²) in [5.41, 5.74) is 1.37. The maximum absolute atomic E-state index is 13.1. The summed E-state index contributed by atoms with van der Waals surface area (Å²) in [7, 11) is 1.55. The zero-order valence-electron chi connectivity index (χ0n) is 18.9. The highest BCUT2D eigenvalue weighted by Crippen LogP contribution is 2.32. The monoisotopic (exact) mass is 426 g/mol. The molecular weight excluding hydrogens is 396 g/mol. The maximum atomic E-state index is 13.1. The predicted octanol–water partition coefficient (Wildman–Crippen LogP) is 3.75. The molecule has 0 atom stereocenters. The zero-order valence-corrected chi connectivity index (χ0v) is 18.9. The molecule has 0 aromatic heterocycles. The van der Waals surface area contributed by atoms with Crippen molar-refractivity contribution in [2.75, 3.05) is 33.5 Å². The van der Waals surface area contributed by atoms with E-state index in [1.165, 1.54) is 0 Å². The molecule has 1 aromatic carbocycles. The van der Waals surface area contributed by atoms with E-state index in [1.807, 2.05) is 19.1 Å². The number of hydrogen-bond acceptors (Lipinski definition) is 6. The molecular formula is C24H30N2O5. The van der Waals surface area contributed by atoms with Crippen LogP contribution < -0.4 is 9.47 Å². The molecule has 1 heterocycles. The van der Waals surface area contributed by atoms with Crippen molar-refractivity contribution in [1.82, 2.24) is 4.90 Å². The van der Waals surface area contributed by atoms with Crippen molar-refractivity contribution in [3.05, 3.63) is 40.5 Å². The lowest BCUT2D eigenvalue weighted by Gasteiger charge is -2.27. The molecule has 31 heavy (non-hydrogen) atoms. The minimum atomic E-state index is -0.561. The van der Waals surface area contributed by atoms with Gasteiger partial charge in [-0.05, 0) is 55.5 Å². The number of benzene rings is 1. The average Bonchev–Trinajstić information content (AvgIpc) is 2.75. The molecule has 0 aliphatic carbocycles. The quantitative estimate of drug-likeness (QED) is 0.322. The molecule has 0 saturated heterocycles. The third-order valence-electron chi connectivity index (χ3n) is 4.77. The Bertz CT molecular complexity index is 924. The van der Waals surface area contributed by atoms with Crippen LogP contribution in [0, 0.1) is 17.2 Å². The minimum absolute atomic E-state index is 0.0221. The number of hydrogen-bond donors (Lipinski definition) is 0. The lowest BCUT2D eigenvalue weighted by Crippen LogP contribution is -2.43. The number of nitriles is 1. The molecule has 7 heteroatoms. The summed E-state index contributed by atoms with van der Waals surface area (Å²) in [6, 6.07) is 7.32. The molecule has 1 aliphatic heterocycles.